The fourth-order valence-electron chi connectivity index (χ4n) is 5.64. The number of benzene rings is 2. The summed E-state index contributed by atoms with van der Waals surface area (Å²) in [6.45, 7) is 5.31. The van der Waals surface area contributed by atoms with Crippen molar-refractivity contribution in [1.29, 1.82) is 0 Å². The maximum atomic E-state index is 13.3. The van der Waals surface area contributed by atoms with Crippen LogP contribution in [0.1, 0.15) is 40.1 Å². The molecule has 0 spiro atoms. The molecule has 40 heavy (non-hydrogen) atoms. The van der Waals surface area contributed by atoms with E-state index in [0.717, 1.165) is 76.3 Å². The van der Waals surface area contributed by atoms with Gasteiger partial charge in [0.15, 0.2) is 0 Å². The van der Waals surface area contributed by atoms with Gasteiger partial charge in [-0.2, -0.15) is 0 Å². The van der Waals surface area contributed by atoms with Crippen molar-refractivity contribution < 1.29 is 9.59 Å². The van der Waals surface area contributed by atoms with E-state index in [1.54, 1.807) is 0 Å². The number of rotatable bonds is 8. The van der Waals surface area contributed by atoms with E-state index < -0.39 is 0 Å². The number of para-hydroxylation sites is 1. The number of aromatic nitrogens is 1. The summed E-state index contributed by atoms with van der Waals surface area (Å²) >= 11 is 1.41. The van der Waals surface area contributed by atoms with Crippen LogP contribution >= 0.6 is 11.3 Å². The fourth-order valence-corrected chi connectivity index (χ4v) is 6.41. The second kappa shape index (κ2) is 9.95. The molecule has 2 aromatic heterocycles. The first-order chi connectivity index (χ1) is 19.6. The summed E-state index contributed by atoms with van der Waals surface area (Å²) in [6, 6.07) is 18.4. The molecule has 8 heteroatoms. The van der Waals surface area contributed by atoms with Crippen LogP contribution in [0.25, 0.3) is 10.9 Å². The molecule has 2 aliphatic carbocycles. The zero-order valence-electron chi connectivity index (χ0n) is 22.0. The maximum absolute atomic E-state index is 13.3. The number of pyridine rings is 1. The average molecular weight is 548 g/mol. The number of hydrogen-bond donors (Lipinski definition) is 3. The van der Waals surface area contributed by atoms with Crippen molar-refractivity contribution in [2.24, 2.45) is 0 Å². The molecule has 4 aromatic rings. The molecule has 0 unspecified atom stereocenters. The first-order valence-electron chi connectivity index (χ1n) is 13.7. The van der Waals surface area contributed by atoms with Gasteiger partial charge in [-0.3, -0.25) is 14.6 Å². The third-order valence-electron chi connectivity index (χ3n) is 8.06. The van der Waals surface area contributed by atoms with Crippen LogP contribution in [-0.4, -0.2) is 29.3 Å². The van der Waals surface area contributed by atoms with E-state index in [9.17, 15) is 9.59 Å². The number of thiophene rings is 1. The lowest BCUT2D eigenvalue weighted by atomic mass is 9.87. The third kappa shape index (κ3) is 4.25. The molecule has 7 nitrogen and oxygen atoms in total. The molecular formula is C32H29N5O2S. The van der Waals surface area contributed by atoms with Crippen molar-refractivity contribution in [3.05, 3.63) is 106 Å². The van der Waals surface area contributed by atoms with Crippen molar-refractivity contribution in [3.63, 3.8) is 0 Å². The third-order valence-corrected chi connectivity index (χ3v) is 8.98. The number of amides is 1. The molecule has 0 radical (unpaired) electrons. The van der Waals surface area contributed by atoms with E-state index in [1.165, 1.54) is 17.8 Å². The van der Waals surface area contributed by atoms with E-state index >= 15 is 0 Å². The SMILES string of the molecule is C=C1C(=O)C(N2CCc3cc(NC(=O)c4sccc4NCc4ccnc5ccccc45)ccc32)=C1NC1CCC1. The Morgan fingerprint density at radius 1 is 1.12 bits per heavy atom. The van der Waals surface area contributed by atoms with Crippen LogP contribution in [-0.2, 0) is 17.8 Å². The molecule has 3 aliphatic rings. The lowest BCUT2D eigenvalue weighted by Gasteiger charge is -2.37. The standard InChI is InChI=1S/C32H29N5O2S/c1-19-28(35-22-5-4-6-22)29(30(19)38)37-15-12-20-17-23(9-10-27(20)37)36-32(39)31-26(13-16-40-31)34-18-21-11-14-33-25-8-3-2-7-24(21)25/h2-3,7-11,13-14,16-17,22,34-35H,1,4-6,12,15,18H2,(H,36,39). The number of nitrogens with one attached hydrogen (secondary N) is 3. The molecule has 1 aliphatic heterocycles. The molecule has 3 heterocycles. The van der Waals surface area contributed by atoms with E-state index in [0.29, 0.717) is 23.0 Å². The molecule has 7 rings (SSSR count). The number of ketones is 1. The molecular weight excluding hydrogens is 518 g/mol. The average Bonchev–Trinajstić information content (AvgIpc) is 3.59. The number of fused-ring (bicyclic) bond motifs is 2. The fraction of sp³-hybridized carbons (Fsp3) is 0.219. The Labute approximate surface area is 236 Å². The summed E-state index contributed by atoms with van der Waals surface area (Å²) in [5, 5.41) is 13.1. The smallest absolute Gasteiger partial charge is 0.267 e. The first-order valence-corrected chi connectivity index (χ1v) is 14.6. The number of allylic oxidation sites excluding steroid dienone is 2. The van der Waals surface area contributed by atoms with Gasteiger partial charge in [-0.15, -0.1) is 11.3 Å². The molecule has 200 valence electrons. The van der Waals surface area contributed by atoms with Crippen molar-refractivity contribution in [1.82, 2.24) is 10.3 Å². The van der Waals surface area contributed by atoms with Gasteiger partial charge >= 0.3 is 0 Å². The zero-order chi connectivity index (χ0) is 27.2. The summed E-state index contributed by atoms with van der Waals surface area (Å²) in [5.74, 6) is -0.128. The van der Waals surface area contributed by atoms with Crippen LogP contribution in [0.5, 0.6) is 0 Å². The Balaban J connectivity index is 1.05. The highest BCUT2D eigenvalue weighted by atomic mass is 32.1. The summed E-state index contributed by atoms with van der Waals surface area (Å²) in [7, 11) is 0. The van der Waals surface area contributed by atoms with Gasteiger partial charge in [0.1, 0.15) is 10.6 Å². The van der Waals surface area contributed by atoms with Crippen molar-refractivity contribution >= 4 is 51.0 Å². The highest BCUT2D eigenvalue weighted by Gasteiger charge is 2.40. The molecule has 0 atom stereocenters. The molecule has 0 bridgehead atoms. The second-order valence-electron chi connectivity index (χ2n) is 10.5. The zero-order valence-corrected chi connectivity index (χ0v) is 22.8. The lowest BCUT2D eigenvalue weighted by molar-refractivity contribution is -0.113. The highest BCUT2D eigenvalue weighted by molar-refractivity contribution is 7.12. The Bertz CT molecular complexity index is 1710. The number of Topliss-reactive ketones (excluding diaryl/α,β-unsaturated/α-hetero) is 1. The van der Waals surface area contributed by atoms with Crippen LogP contribution in [0.3, 0.4) is 0 Å². The van der Waals surface area contributed by atoms with Crippen LogP contribution in [0.2, 0.25) is 0 Å². The Hall–Kier alpha value is -4.43. The normalized spacial score (nSPS) is 16.6. The van der Waals surface area contributed by atoms with Gasteiger partial charge in [-0.1, -0.05) is 24.8 Å². The minimum atomic E-state index is -0.146. The van der Waals surface area contributed by atoms with Crippen LogP contribution < -0.4 is 20.9 Å². The largest absolute Gasteiger partial charge is 0.380 e. The summed E-state index contributed by atoms with van der Waals surface area (Å²) in [5.41, 5.74) is 7.97. The van der Waals surface area contributed by atoms with E-state index in [2.05, 4.69) is 38.5 Å². The van der Waals surface area contributed by atoms with Gasteiger partial charge in [0.05, 0.1) is 16.9 Å². The Morgan fingerprint density at radius 3 is 2.85 bits per heavy atom. The van der Waals surface area contributed by atoms with Crippen molar-refractivity contribution in [3.8, 4) is 0 Å². The number of carbonyl (C=O) groups excluding carboxylic acids is 2. The van der Waals surface area contributed by atoms with Gasteiger partial charge in [0, 0.05) is 47.7 Å². The first kappa shape index (κ1) is 24.6. The van der Waals surface area contributed by atoms with Crippen LogP contribution in [0, 0.1) is 0 Å². The van der Waals surface area contributed by atoms with E-state index in [-0.39, 0.29) is 11.7 Å². The summed E-state index contributed by atoms with van der Waals surface area (Å²) in [4.78, 5) is 33.2. The maximum Gasteiger partial charge on any atom is 0.267 e. The van der Waals surface area contributed by atoms with Gasteiger partial charge in [0.2, 0.25) is 5.78 Å². The van der Waals surface area contributed by atoms with Gasteiger partial charge in [-0.25, -0.2) is 0 Å². The molecule has 3 N–H and O–H groups in total. The van der Waals surface area contributed by atoms with E-state index in [1.807, 2.05) is 60.1 Å². The molecule has 0 saturated heterocycles. The van der Waals surface area contributed by atoms with Crippen molar-refractivity contribution in [2.75, 3.05) is 22.1 Å². The number of nitrogens with zero attached hydrogens (tertiary/aromatic N) is 2. The molecule has 1 amide bonds. The molecule has 1 saturated carbocycles. The monoisotopic (exact) mass is 547 g/mol. The van der Waals surface area contributed by atoms with E-state index in [4.69, 9.17) is 0 Å². The minimum absolute atomic E-state index is 0.0181. The highest BCUT2D eigenvalue weighted by Crippen LogP contribution is 2.40. The van der Waals surface area contributed by atoms with Gasteiger partial charge < -0.3 is 20.9 Å². The number of carbonyl (C=O) groups is 2. The summed E-state index contributed by atoms with van der Waals surface area (Å²) < 4.78 is 0. The number of hydrogen-bond acceptors (Lipinski definition) is 7. The predicted octanol–water partition coefficient (Wildman–Crippen LogP) is 6.02. The molecule has 2 aromatic carbocycles. The Morgan fingerprint density at radius 2 is 2.00 bits per heavy atom. The van der Waals surface area contributed by atoms with Crippen molar-refractivity contribution in [2.45, 2.75) is 38.3 Å². The topological polar surface area (TPSA) is 86.4 Å². The van der Waals surface area contributed by atoms with Gasteiger partial charge in [0.25, 0.3) is 5.91 Å². The van der Waals surface area contributed by atoms with Gasteiger partial charge in [-0.05, 0) is 78.6 Å². The summed E-state index contributed by atoms with van der Waals surface area (Å²) in [6.07, 6.45) is 6.13. The van der Waals surface area contributed by atoms with Crippen LogP contribution in [0.4, 0.5) is 17.1 Å². The minimum Gasteiger partial charge on any atom is -0.380 e. The Kier molecular flexibility index (Phi) is 6.12. The van der Waals surface area contributed by atoms with Crippen LogP contribution in [0.15, 0.2) is 89.7 Å². The number of anilines is 3. The second-order valence-corrected chi connectivity index (χ2v) is 11.4. The predicted molar refractivity (Wildman–Crippen MR) is 161 cm³/mol. The quantitative estimate of drug-likeness (QED) is 0.234. The molecule has 1 fully saturated rings. The lowest BCUT2D eigenvalue weighted by Crippen LogP contribution is -2.45.